The number of amides is 3. The number of aromatic amines is 1. The van der Waals surface area contributed by atoms with Crippen molar-refractivity contribution in [1.29, 1.82) is 0 Å². The molecule has 0 aliphatic carbocycles. The Balaban J connectivity index is 1.55. The van der Waals surface area contributed by atoms with Crippen molar-refractivity contribution in [1.82, 2.24) is 20.9 Å². The van der Waals surface area contributed by atoms with Gasteiger partial charge in [-0.2, -0.15) is 0 Å². The van der Waals surface area contributed by atoms with Crippen molar-refractivity contribution in [2.75, 3.05) is 13.1 Å². The van der Waals surface area contributed by atoms with Gasteiger partial charge in [0.25, 0.3) is 0 Å². The first-order valence-electron chi connectivity index (χ1n) is 13.1. The van der Waals surface area contributed by atoms with Crippen LogP contribution in [0, 0.1) is 0 Å². The molecule has 0 radical (unpaired) electrons. The number of nitrogens with one attached hydrogen (secondary N) is 4. The summed E-state index contributed by atoms with van der Waals surface area (Å²) in [4.78, 5) is 53.1. The van der Waals surface area contributed by atoms with Gasteiger partial charge in [-0.25, -0.2) is 4.79 Å². The largest absolute Gasteiger partial charge is 0.508 e. The average molecular weight is 553 g/mol. The molecule has 40 heavy (non-hydrogen) atoms. The normalized spacial score (nSPS) is 13.2. The molecular weight excluding hydrogens is 516 g/mol. The van der Waals surface area contributed by atoms with E-state index in [-0.39, 0.29) is 25.0 Å². The fourth-order valence-electron chi connectivity index (χ4n) is 4.28. The molecule has 0 aliphatic rings. The minimum absolute atomic E-state index is 0.0187. The van der Waals surface area contributed by atoms with Crippen LogP contribution in [0.4, 0.5) is 0 Å². The lowest BCUT2D eigenvalue weighted by molar-refractivity contribution is -0.142. The third-order valence-corrected chi connectivity index (χ3v) is 6.46. The summed E-state index contributed by atoms with van der Waals surface area (Å²) < 4.78 is 0. The molecule has 12 nitrogen and oxygen atoms in total. The maximum Gasteiger partial charge on any atom is 0.326 e. The Kier molecular flexibility index (Phi) is 11.0. The molecule has 3 rings (SSSR count). The lowest BCUT2D eigenvalue weighted by atomic mass is 10.0. The van der Waals surface area contributed by atoms with E-state index in [9.17, 15) is 29.4 Å². The lowest BCUT2D eigenvalue weighted by Crippen LogP contribution is -2.54. The molecule has 3 amide bonds. The summed E-state index contributed by atoms with van der Waals surface area (Å²) in [5.74, 6) is -3.02. The highest BCUT2D eigenvalue weighted by molar-refractivity contribution is 5.93. The molecule has 214 valence electrons. The Labute approximate surface area is 231 Å². The van der Waals surface area contributed by atoms with Gasteiger partial charge in [0.15, 0.2) is 0 Å². The Morgan fingerprint density at radius 3 is 2.33 bits per heavy atom. The van der Waals surface area contributed by atoms with Crippen LogP contribution in [0.2, 0.25) is 0 Å². The van der Waals surface area contributed by atoms with Gasteiger partial charge in [0.2, 0.25) is 17.7 Å². The molecule has 0 bridgehead atoms. The highest BCUT2D eigenvalue weighted by Gasteiger charge is 2.27. The molecule has 2 aromatic carbocycles. The maximum atomic E-state index is 13.0. The number of unbranched alkanes of at least 4 members (excludes halogenated alkanes) is 1. The monoisotopic (exact) mass is 552 g/mol. The van der Waals surface area contributed by atoms with Crippen molar-refractivity contribution >= 4 is 34.6 Å². The predicted octanol–water partition coefficient (Wildman–Crippen LogP) is 0.285. The number of phenols is 1. The fraction of sp³-hybridized carbons (Fsp3) is 0.357. The molecule has 10 N–H and O–H groups in total. The van der Waals surface area contributed by atoms with E-state index in [0.717, 1.165) is 16.5 Å². The third-order valence-electron chi connectivity index (χ3n) is 6.46. The Hall–Kier alpha value is -4.42. The van der Waals surface area contributed by atoms with Crippen molar-refractivity contribution in [2.45, 2.75) is 50.2 Å². The number of carboxylic acid groups (broad SMARTS) is 1. The van der Waals surface area contributed by atoms with Crippen LogP contribution in [-0.2, 0) is 32.0 Å². The molecule has 1 heterocycles. The van der Waals surface area contributed by atoms with Crippen LogP contribution in [0.15, 0.2) is 54.7 Å². The second-order valence-electron chi connectivity index (χ2n) is 9.56. The van der Waals surface area contributed by atoms with Crippen molar-refractivity contribution in [3.8, 4) is 5.75 Å². The number of fused-ring (bicyclic) bond motifs is 1. The number of rotatable bonds is 15. The molecule has 0 saturated carbocycles. The summed E-state index contributed by atoms with van der Waals surface area (Å²) in [6.45, 7) is -0.0117. The highest BCUT2D eigenvalue weighted by Crippen LogP contribution is 2.18. The maximum absolute atomic E-state index is 13.0. The number of hydrogen-bond donors (Lipinski definition) is 8. The molecule has 1 aromatic heterocycles. The lowest BCUT2D eigenvalue weighted by Gasteiger charge is -2.22. The number of aliphatic carboxylic acids is 1. The van der Waals surface area contributed by atoms with Gasteiger partial charge in [0.1, 0.15) is 17.8 Å². The Bertz CT molecular complexity index is 1310. The second-order valence-corrected chi connectivity index (χ2v) is 9.56. The Morgan fingerprint density at radius 1 is 0.900 bits per heavy atom. The van der Waals surface area contributed by atoms with Crippen molar-refractivity contribution in [3.05, 3.63) is 65.9 Å². The molecule has 0 aliphatic heterocycles. The van der Waals surface area contributed by atoms with Gasteiger partial charge >= 0.3 is 5.97 Å². The number of carboxylic acids is 1. The molecule has 3 unspecified atom stereocenters. The molecule has 0 fully saturated rings. The van der Waals surface area contributed by atoms with E-state index in [1.54, 1.807) is 18.3 Å². The number of hydrogen-bond acceptors (Lipinski definition) is 7. The molecular formula is C28H36N6O6. The van der Waals surface area contributed by atoms with Crippen LogP contribution in [0.25, 0.3) is 10.9 Å². The average Bonchev–Trinajstić information content (AvgIpc) is 3.34. The van der Waals surface area contributed by atoms with Gasteiger partial charge in [-0.15, -0.1) is 0 Å². The first-order valence-corrected chi connectivity index (χ1v) is 13.1. The van der Waals surface area contributed by atoms with Crippen molar-refractivity contribution in [2.24, 2.45) is 11.5 Å². The summed E-state index contributed by atoms with van der Waals surface area (Å²) >= 11 is 0. The number of carbonyl (C=O) groups excluding carboxylic acids is 3. The summed E-state index contributed by atoms with van der Waals surface area (Å²) in [5, 5.41) is 27.6. The first kappa shape index (κ1) is 30.1. The topological polar surface area (TPSA) is 213 Å². The summed E-state index contributed by atoms with van der Waals surface area (Å²) in [6, 6.07) is 10.4. The number of H-pyrrole nitrogens is 1. The van der Waals surface area contributed by atoms with Crippen LogP contribution in [0.1, 0.15) is 30.4 Å². The molecule has 0 spiro atoms. The molecule has 12 heteroatoms. The van der Waals surface area contributed by atoms with Gasteiger partial charge in [0, 0.05) is 23.5 Å². The number of carbonyl (C=O) groups is 4. The van der Waals surface area contributed by atoms with Crippen LogP contribution < -0.4 is 27.4 Å². The highest BCUT2D eigenvalue weighted by atomic mass is 16.4. The van der Waals surface area contributed by atoms with E-state index in [1.807, 2.05) is 24.3 Å². The zero-order valence-corrected chi connectivity index (χ0v) is 22.1. The van der Waals surface area contributed by atoms with E-state index in [2.05, 4.69) is 20.9 Å². The quantitative estimate of drug-likeness (QED) is 0.122. The number of aromatic hydroxyl groups is 1. The number of aromatic nitrogens is 1. The van der Waals surface area contributed by atoms with Crippen LogP contribution in [0.5, 0.6) is 5.75 Å². The van der Waals surface area contributed by atoms with Crippen LogP contribution in [0.3, 0.4) is 0 Å². The van der Waals surface area contributed by atoms with Crippen LogP contribution >= 0.6 is 0 Å². The zero-order valence-electron chi connectivity index (χ0n) is 22.1. The summed E-state index contributed by atoms with van der Waals surface area (Å²) in [5.41, 5.74) is 14.0. The number of para-hydroxylation sites is 1. The molecule has 3 atom stereocenters. The third kappa shape index (κ3) is 8.82. The van der Waals surface area contributed by atoms with E-state index < -0.39 is 48.4 Å². The minimum atomic E-state index is -1.26. The van der Waals surface area contributed by atoms with Gasteiger partial charge in [-0.1, -0.05) is 30.3 Å². The van der Waals surface area contributed by atoms with Gasteiger partial charge < -0.3 is 42.6 Å². The standard InChI is InChI=1S/C28H36N6O6/c29-12-4-3-7-23(27(38)34-24(28(39)40)13-17-8-10-19(35)11-9-17)33-25(36)16-32-26(37)21(30)14-18-15-31-22-6-2-1-5-20(18)22/h1-2,5-6,8-11,15,21,23-24,31,35H,3-4,7,12-14,16,29-30H2,(H,32,37)(H,33,36)(H,34,38)(H,39,40). The van der Waals surface area contributed by atoms with Crippen molar-refractivity contribution < 1.29 is 29.4 Å². The minimum Gasteiger partial charge on any atom is -0.508 e. The van der Waals surface area contributed by atoms with Gasteiger partial charge in [-0.05, 0) is 61.6 Å². The number of nitrogens with two attached hydrogens (primary N) is 2. The summed E-state index contributed by atoms with van der Waals surface area (Å²) in [6.07, 6.45) is 3.39. The molecule has 0 saturated heterocycles. The predicted molar refractivity (Wildman–Crippen MR) is 149 cm³/mol. The Morgan fingerprint density at radius 2 is 1.62 bits per heavy atom. The number of benzene rings is 2. The summed E-state index contributed by atoms with van der Waals surface area (Å²) in [7, 11) is 0. The van der Waals surface area contributed by atoms with Crippen molar-refractivity contribution in [3.63, 3.8) is 0 Å². The molecule has 3 aromatic rings. The van der Waals surface area contributed by atoms with E-state index in [1.165, 1.54) is 12.1 Å². The van der Waals surface area contributed by atoms with E-state index in [0.29, 0.717) is 24.9 Å². The fourth-order valence-corrected chi connectivity index (χ4v) is 4.28. The first-order chi connectivity index (χ1) is 19.2. The second kappa shape index (κ2) is 14.7. The van der Waals surface area contributed by atoms with Gasteiger partial charge in [-0.3, -0.25) is 14.4 Å². The SMILES string of the molecule is NCCCCC(NC(=O)CNC(=O)C(N)Cc1c[nH]c2ccccc12)C(=O)NC(Cc1ccc(O)cc1)C(=O)O. The van der Waals surface area contributed by atoms with E-state index in [4.69, 9.17) is 11.5 Å². The number of phenolic OH excluding ortho intramolecular Hbond substituents is 1. The van der Waals surface area contributed by atoms with Crippen LogP contribution in [-0.4, -0.2) is 70.1 Å². The van der Waals surface area contributed by atoms with Gasteiger partial charge in [0.05, 0.1) is 12.6 Å². The van der Waals surface area contributed by atoms with E-state index >= 15 is 0 Å². The zero-order chi connectivity index (χ0) is 29.1. The smallest absolute Gasteiger partial charge is 0.326 e.